The summed E-state index contributed by atoms with van der Waals surface area (Å²) in [6.45, 7) is 5.48. The maximum absolute atomic E-state index is 13.2. The number of hydrogen-bond acceptors (Lipinski definition) is 5. The summed E-state index contributed by atoms with van der Waals surface area (Å²) in [7, 11) is -3.61. The number of aromatic nitrogens is 1. The van der Waals surface area contributed by atoms with Crippen molar-refractivity contribution in [2.24, 2.45) is 0 Å². The van der Waals surface area contributed by atoms with Crippen molar-refractivity contribution in [1.82, 2.24) is 14.2 Å². The lowest BCUT2D eigenvalue weighted by Gasteiger charge is -2.36. The quantitative estimate of drug-likeness (QED) is 0.768. The van der Waals surface area contributed by atoms with Crippen molar-refractivity contribution in [3.05, 3.63) is 47.2 Å². The fourth-order valence-electron chi connectivity index (χ4n) is 3.28. The molecule has 1 fully saturated rings. The minimum Gasteiger partial charge on any atom is -0.378 e. The molecule has 1 aliphatic rings. The molecule has 1 atom stereocenters. The number of aliphatic hydroxyl groups excluding tert-OH is 1. The van der Waals surface area contributed by atoms with Crippen LogP contribution in [-0.4, -0.2) is 60.1 Å². The molecule has 0 amide bonds. The highest BCUT2D eigenvalue weighted by Gasteiger charge is 2.31. The molecule has 8 heteroatoms. The number of hydrogen-bond donors (Lipinski definition) is 1. The third kappa shape index (κ3) is 4.33. The average molecular weight is 410 g/mol. The number of benzene rings is 1. The molecule has 146 valence electrons. The van der Waals surface area contributed by atoms with Gasteiger partial charge in [0.1, 0.15) is 11.4 Å². The topological polar surface area (TPSA) is 73.7 Å². The standard InChI is InChI=1S/C19H24ClN3O3S/c1-3-19(24)22-8-10-23(11-9-22)27(25,26)17-12-15(5-4-14(17)2)16-6-7-21-18(20)13-16/h4-7,12-13,19,24H,3,8-11H2,1-2H3. The van der Waals surface area contributed by atoms with Gasteiger partial charge >= 0.3 is 0 Å². The summed E-state index contributed by atoms with van der Waals surface area (Å²) in [6, 6.07) is 8.91. The summed E-state index contributed by atoms with van der Waals surface area (Å²) < 4.78 is 27.9. The van der Waals surface area contributed by atoms with Crippen LogP contribution in [0.3, 0.4) is 0 Å². The molecule has 6 nitrogen and oxygen atoms in total. The largest absolute Gasteiger partial charge is 0.378 e. The summed E-state index contributed by atoms with van der Waals surface area (Å²) in [4.78, 5) is 6.18. The van der Waals surface area contributed by atoms with Gasteiger partial charge < -0.3 is 5.11 Å². The van der Waals surface area contributed by atoms with Crippen LogP contribution in [0.1, 0.15) is 18.9 Å². The van der Waals surface area contributed by atoms with E-state index in [0.717, 1.165) is 11.1 Å². The van der Waals surface area contributed by atoms with E-state index < -0.39 is 16.3 Å². The number of piperazine rings is 1. The van der Waals surface area contributed by atoms with Gasteiger partial charge in [-0.1, -0.05) is 30.7 Å². The first kappa shape index (κ1) is 20.2. The molecule has 2 heterocycles. The van der Waals surface area contributed by atoms with Gasteiger partial charge in [0.05, 0.1) is 4.90 Å². The molecule has 1 aromatic carbocycles. The van der Waals surface area contributed by atoms with Crippen molar-refractivity contribution in [3.8, 4) is 11.1 Å². The van der Waals surface area contributed by atoms with E-state index >= 15 is 0 Å². The minimum absolute atomic E-state index is 0.303. The van der Waals surface area contributed by atoms with Crippen molar-refractivity contribution < 1.29 is 13.5 Å². The molecule has 0 radical (unpaired) electrons. The Morgan fingerprint density at radius 2 is 1.81 bits per heavy atom. The zero-order valence-electron chi connectivity index (χ0n) is 15.5. The second-order valence-electron chi connectivity index (χ2n) is 6.68. The Hall–Kier alpha value is -1.51. The van der Waals surface area contributed by atoms with Crippen LogP contribution in [0.2, 0.25) is 5.15 Å². The number of aliphatic hydroxyl groups is 1. The van der Waals surface area contributed by atoms with Crippen LogP contribution in [-0.2, 0) is 10.0 Å². The van der Waals surface area contributed by atoms with Crippen molar-refractivity contribution in [1.29, 1.82) is 0 Å². The fourth-order valence-corrected chi connectivity index (χ4v) is 5.13. The highest BCUT2D eigenvalue weighted by Crippen LogP contribution is 2.28. The van der Waals surface area contributed by atoms with Crippen molar-refractivity contribution in [2.45, 2.75) is 31.4 Å². The normalized spacial score (nSPS) is 17.8. The number of aryl methyl sites for hydroxylation is 1. The van der Waals surface area contributed by atoms with Crippen molar-refractivity contribution >= 4 is 21.6 Å². The Balaban J connectivity index is 1.88. The number of pyridine rings is 1. The van der Waals surface area contributed by atoms with Gasteiger partial charge in [-0.05, 0) is 48.2 Å². The number of rotatable bonds is 5. The minimum atomic E-state index is -3.61. The van der Waals surface area contributed by atoms with Gasteiger partial charge in [-0.25, -0.2) is 13.4 Å². The monoisotopic (exact) mass is 409 g/mol. The average Bonchev–Trinajstić information content (AvgIpc) is 2.67. The lowest BCUT2D eigenvalue weighted by molar-refractivity contribution is -0.0158. The number of halogens is 1. The van der Waals surface area contributed by atoms with Gasteiger partial charge in [0, 0.05) is 32.4 Å². The van der Waals surface area contributed by atoms with Gasteiger partial charge in [-0.15, -0.1) is 0 Å². The molecule has 1 N–H and O–H groups in total. The molecule has 0 aliphatic carbocycles. The Kier molecular flexibility index (Phi) is 6.18. The predicted molar refractivity (Wildman–Crippen MR) is 106 cm³/mol. The zero-order valence-corrected chi connectivity index (χ0v) is 17.0. The molecule has 2 aromatic rings. The second kappa shape index (κ2) is 8.24. The Morgan fingerprint density at radius 3 is 2.44 bits per heavy atom. The predicted octanol–water partition coefficient (Wildman–Crippen LogP) is 2.75. The van der Waals surface area contributed by atoms with Gasteiger partial charge in [-0.3, -0.25) is 4.90 Å². The summed E-state index contributed by atoms with van der Waals surface area (Å²) >= 11 is 5.97. The van der Waals surface area contributed by atoms with Crippen molar-refractivity contribution in [2.75, 3.05) is 26.2 Å². The Morgan fingerprint density at radius 1 is 1.15 bits per heavy atom. The summed E-state index contributed by atoms with van der Waals surface area (Å²) in [5.41, 5.74) is 2.31. The summed E-state index contributed by atoms with van der Waals surface area (Å²) in [5, 5.41) is 10.3. The van der Waals surface area contributed by atoms with Crippen LogP contribution >= 0.6 is 11.6 Å². The SMILES string of the molecule is CCC(O)N1CCN(S(=O)(=O)c2cc(-c3ccnc(Cl)c3)ccc2C)CC1. The molecular formula is C19H24ClN3O3S. The molecule has 27 heavy (non-hydrogen) atoms. The van der Waals surface area contributed by atoms with E-state index in [2.05, 4.69) is 4.98 Å². The molecule has 1 aromatic heterocycles. The van der Waals surface area contributed by atoms with Crippen molar-refractivity contribution in [3.63, 3.8) is 0 Å². The molecule has 0 spiro atoms. The van der Waals surface area contributed by atoms with Crippen LogP contribution in [0.4, 0.5) is 0 Å². The first-order valence-electron chi connectivity index (χ1n) is 8.97. The van der Waals surface area contributed by atoms with Crippen LogP contribution in [0.5, 0.6) is 0 Å². The highest BCUT2D eigenvalue weighted by atomic mass is 35.5. The van der Waals surface area contributed by atoms with E-state index in [4.69, 9.17) is 11.6 Å². The van der Waals surface area contributed by atoms with E-state index in [0.29, 0.717) is 48.2 Å². The lowest BCUT2D eigenvalue weighted by atomic mass is 10.1. The highest BCUT2D eigenvalue weighted by molar-refractivity contribution is 7.89. The maximum Gasteiger partial charge on any atom is 0.243 e. The molecular weight excluding hydrogens is 386 g/mol. The number of nitrogens with zero attached hydrogens (tertiary/aromatic N) is 3. The molecule has 0 saturated carbocycles. The van der Waals surface area contributed by atoms with E-state index in [1.165, 1.54) is 4.31 Å². The zero-order chi connectivity index (χ0) is 19.6. The summed E-state index contributed by atoms with van der Waals surface area (Å²) in [5.74, 6) is 0. The smallest absolute Gasteiger partial charge is 0.243 e. The third-order valence-corrected chi connectivity index (χ3v) is 7.17. The van der Waals surface area contributed by atoms with Gasteiger partial charge in [-0.2, -0.15) is 4.31 Å². The van der Waals surface area contributed by atoms with Crippen LogP contribution in [0.25, 0.3) is 11.1 Å². The maximum atomic E-state index is 13.2. The first-order valence-corrected chi connectivity index (χ1v) is 10.8. The lowest BCUT2D eigenvalue weighted by Crippen LogP contribution is -2.51. The third-order valence-electron chi connectivity index (χ3n) is 4.93. The molecule has 1 saturated heterocycles. The first-order chi connectivity index (χ1) is 12.8. The van der Waals surface area contributed by atoms with Crippen LogP contribution in [0, 0.1) is 6.92 Å². The summed E-state index contributed by atoms with van der Waals surface area (Å²) in [6.07, 6.45) is 1.71. The van der Waals surface area contributed by atoms with E-state index in [1.807, 2.05) is 24.0 Å². The van der Waals surface area contributed by atoms with Gasteiger partial charge in [0.15, 0.2) is 0 Å². The fraction of sp³-hybridized carbons (Fsp3) is 0.421. The van der Waals surface area contributed by atoms with E-state index in [1.54, 1.807) is 31.3 Å². The number of sulfonamides is 1. The van der Waals surface area contributed by atoms with Crippen LogP contribution in [0.15, 0.2) is 41.4 Å². The Labute approximate surface area is 165 Å². The van der Waals surface area contributed by atoms with E-state index in [9.17, 15) is 13.5 Å². The van der Waals surface area contributed by atoms with E-state index in [-0.39, 0.29) is 0 Å². The molecule has 1 unspecified atom stereocenters. The second-order valence-corrected chi connectivity index (χ2v) is 8.97. The van der Waals surface area contributed by atoms with Gasteiger partial charge in [0.25, 0.3) is 0 Å². The van der Waals surface area contributed by atoms with Crippen LogP contribution < -0.4 is 0 Å². The molecule has 0 bridgehead atoms. The van der Waals surface area contributed by atoms with Gasteiger partial charge in [0.2, 0.25) is 10.0 Å². The Bertz CT molecular complexity index is 912. The molecule has 3 rings (SSSR count). The molecule has 1 aliphatic heterocycles.